The third-order valence-electron chi connectivity index (χ3n) is 2.31. The van der Waals surface area contributed by atoms with Crippen molar-refractivity contribution in [2.75, 3.05) is 0 Å². The molecule has 0 aliphatic rings. The van der Waals surface area contributed by atoms with Crippen LogP contribution < -0.4 is 0 Å². The van der Waals surface area contributed by atoms with Crippen molar-refractivity contribution in [3.8, 4) is 5.75 Å². The van der Waals surface area contributed by atoms with Gasteiger partial charge < -0.3 is 14.9 Å². The molecule has 0 unspecified atom stereocenters. The first-order chi connectivity index (χ1) is 7.53. The van der Waals surface area contributed by atoms with Gasteiger partial charge in [0, 0.05) is 5.56 Å². The van der Waals surface area contributed by atoms with Gasteiger partial charge in [0.15, 0.2) is 0 Å². The second-order valence-electron chi connectivity index (χ2n) is 4.83. The summed E-state index contributed by atoms with van der Waals surface area (Å²) in [5, 5.41) is 9.38. The molecule has 0 atom stereocenters. The number of carbonyl (C=O) groups is 1. The quantitative estimate of drug-likeness (QED) is 0.705. The molecule has 0 bridgehead atoms. The fraction of sp³-hybridized carbons (Fsp3) is 0.364. The molecule has 1 rings (SSSR count). The van der Waals surface area contributed by atoms with Gasteiger partial charge in [0.2, 0.25) is 0 Å². The van der Waals surface area contributed by atoms with Crippen molar-refractivity contribution in [2.45, 2.75) is 26.2 Å². The monoisotopic (exact) mass is 258 g/mol. The van der Waals surface area contributed by atoms with E-state index in [-0.39, 0.29) is 11.3 Å². The third-order valence-corrected chi connectivity index (χ3v) is 3.08. The molecule has 17 heavy (non-hydrogen) atoms. The minimum atomic E-state index is -4.81. The average molecular weight is 258 g/mol. The van der Waals surface area contributed by atoms with E-state index < -0.39 is 18.5 Å². The Kier molecular flexibility index (Phi) is 3.48. The molecule has 0 heterocycles. The lowest BCUT2D eigenvalue weighted by atomic mass is 9.84. The first-order valence-electron chi connectivity index (χ1n) is 4.97. The second-order valence-corrected chi connectivity index (χ2v) is 6.32. The predicted octanol–water partition coefficient (Wildman–Crippen LogP) is 2.01. The van der Waals surface area contributed by atoms with Crippen LogP contribution in [0.25, 0.3) is 0 Å². The molecule has 3 N–H and O–H groups in total. The maximum atomic E-state index is 11.6. The van der Waals surface area contributed by atoms with Crippen LogP contribution in [-0.4, -0.2) is 20.4 Å². The SMILES string of the molecule is CC(C)(C)c1cc(O)ccc1C(=O)P(=O)(O)O. The highest BCUT2D eigenvalue weighted by Crippen LogP contribution is 2.42. The van der Waals surface area contributed by atoms with Crippen molar-refractivity contribution in [1.82, 2.24) is 0 Å². The van der Waals surface area contributed by atoms with Crippen molar-refractivity contribution in [2.24, 2.45) is 0 Å². The van der Waals surface area contributed by atoms with Crippen LogP contribution in [0.5, 0.6) is 5.75 Å². The summed E-state index contributed by atoms with van der Waals surface area (Å²) in [6.07, 6.45) is 0. The molecule has 0 saturated heterocycles. The van der Waals surface area contributed by atoms with Gasteiger partial charge in [0.05, 0.1) is 0 Å². The summed E-state index contributed by atoms with van der Waals surface area (Å²) < 4.78 is 11.0. The molecule has 94 valence electrons. The molecule has 0 aromatic heterocycles. The maximum Gasteiger partial charge on any atom is 0.396 e. The fourth-order valence-corrected chi connectivity index (χ4v) is 2.00. The van der Waals surface area contributed by atoms with Gasteiger partial charge in [-0.2, -0.15) is 0 Å². The molecule has 5 nitrogen and oxygen atoms in total. The number of rotatable bonds is 2. The smallest absolute Gasteiger partial charge is 0.396 e. The summed E-state index contributed by atoms with van der Waals surface area (Å²) in [6.45, 7) is 5.37. The molecule has 0 aliphatic heterocycles. The third kappa shape index (κ3) is 3.16. The van der Waals surface area contributed by atoms with E-state index in [0.717, 1.165) is 0 Å². The largest absolute Gasteiger partial charge is 0.508 e. The van der Waals surface area contributed by atoms with Crippen LogP contribution in [0.2, 0.25) is 0 Å². The van der Waals surface area contributed by atoms with E-state index in [0.29, 0.717) is 5.56 Å². The van der Waals surface area contributed by atoms with Gasteiger partial charge in [0.1, 0.15) is 5.75 Å². The van der Waals surface area contributed by atoms with Gasteiger partial charge in [-0.1, -0.05) is 20.8 Å². The average Bonchev–Trinajstić information content (AvgIpc) is 2.14. The van der Waals surface area contributed by atoms with E-state index in [9.17, 15) is 14.5 Å². The maximum absolute atomic E-state index is 11.6. The molecule has 1 aromatic rings. The number of carbonyl (C=O) groups excluding carboxylic acids is 1. The number of phenolic OH excluding ortho intramolecular Hbond substituents is 1. The fourth-order valence-electron chi connectivity index (χ4n) is 1.50. The zero-order valence-corrected chi connectivity index (χ0v) is 10.7. The molecular weight excluding hydrogens is 243 g/mol. The molecule has 6 heteroatoms. The zero-order valence-electron chi connectivity index (χ0n) is 9.84. The Morgan fingerprint density at radius 3 is 2.18 bits per heavy atom. The number of hydrogen-bond donors (Lipinski definition) is 3. The van der Waals surface area contributed by atoms with E-state index >= 15 is 0 Å². The zero-order chi connectivity index (χ0) is 13.4. The molecular formula is C11H15O5P. The van der Waals surface area contributed by atoms with Crippen LogP contribution in [0, 0.1) is 0 Å². The number of hydrogen-bond acceptors (Lipinski definition) is 3. The summed E-state index contributed by atoms with van der Waals surface area (Å²) in [5.74, 6) is -0.0443. The lowest BCUT2D eigenvalue weighted by Gasteiger charge is -2.22. The van der Waals surface area contributed by atoms with Gasteiger partial charge in [-0.15, -0.1) is 0 Å². The highest BCUT2D eigenvalue weighted by atomic mass is 31.2. The minimum Gasteiger partial charge on any atom is -0.508 e. The molecule has 0 radical (unpaired) electrons. The number of benzene rings is 1. The summed E-state index contributed by atoms with van der Waals surface area (Å²) in [7, 11) is -4.81. The molecule has 0 fully saturated rings. The van der Waals surface area contributed by atoms with Crippen molar-refractivity contribution < 1.29 is 24.3 Å². The van der Waals surface area contributed by atoms with Crippen LogP contribution in [0.3, 0.4) is 0 Å². The van der Waals surface area contributed by atoms with Gasteiger partial charge in [-0.3, -0.25) is 9.36 Å². The van der Waals surface area contributed by atoms with E-state index in [1.165, 1.54) is 18.2 Å². The van der Waals surface area contributed by atoms with Crippen molar-refractivity contribution >= 4 is 13.1 Å². The van der Waals surface area contributed by atoms with Gasteiger partial charge >= 0.3 is 7.60 Å². The van der Waals surface area contributed by atoms with Crippen molar-refractivity contribution in [1.29, 1.82) is 0 Å². The number of aromatic hydroxyl groups is 1. The lowest BCUT2D eigenvalue weighted by Crippen LogP contribution is -2.17. The lowest BCUT2D eigenvalue weighted by molar-refractivity contribution is 0.104. The standard InChI is InChI=1S/C11H15O5P/c1-11(2,3)9-6-7(12)4-5-8(9)10(13)17(14,15)16/h4-6,12H,1-3H3,(H2,14,15,16). The summed E-state index contributed by atoms with van der Waals surface area (Å²) in [6, 6.07) is 3.82. The van der Waals surface area contributed by atoms with Crippen LogP contribution in [-0.2, 0) is 9.98 Å². The summed E-state index contributed by atoms with van der Waals surface area (Å²) in [4.78, 5) is 29.4. The topological polar surface area (TPSA) is 94.8 Å². The van der Waals surface area contributed by atoms with Crippen LogP contribution in [0.4, 0.5) is 0 Å². The highest BCUT2D eigenvalue weighted by Gasteiger charge is 2.32. The van der Waals surface area contributed by atoms with E-state index in [2.05, 4.69) is 0 Å². The highest BCUT2D eigenvalue weighted by molar-refractivity contribution is 7.70. The Bertz CT molecular complexity index is 495. The Balaban J connectivity index is 3.45. The number of phenols is 1. The Hall–Kier alpha value is -1.16. The van der Waals surface area contributed by atoms with Crippen molar-refractivity contribution in [3.05, 3.63) is 29.3 Å². The molecule has 0 spiro atoms. The Labute approximate surface area is 99.3 Å². The molecule has 0 amide bonds. The second kappa shape index (κ2) is 4.26. The van der Waals surface area contributed by atoms with Gasteiger partial charge in [0.25, 0.3) is 5.52 Å². The minimum absolute atomic E-state index is 0.0443. The van der Waals surface area contributed by atoms with E-state index in [1.54, 1.807) is 20.8 Å². The van der Waals surface area contributed by atoms with Crippen LogP contribution in [0.15, 0.2) is 18.2 Å². The molecule has 0 saturated carbocycles. The first kappa shape index (κ1) is 13.9. The van der Waals surface area contributed by atoms with Crippen LogP contribution in [0.1, 0.15) is 36.7 Å². The van der Waals surface area contributed by atoms with E-state index in [1.807, 2.05) is 0 Å². The normalized spacial score (nSPS) is 12.5. The van der Waals surface area contributed by atoms with Crippen molar-refractivity contribution in [3.63, 3.8) is 0 Å². The summed E-state index contributed by atoms with van der Waals surface area (Å²) in [5.41, 5.74) is -1.37. The molecule has 0 aliphatic carbocycles. The molecule has 1 aromatic carbocycles. The predicted molar refractivity (Wildman–Crippen MR) is 63.2 cm³/mol. The summed E-state index contributed by atoms with van der Waals surface area (Å²) >= 11 is 0. The van der Waals surface area contributed by atoms with E-state index in [4.69, 9.17) is 9.79 Å². The first-order valence-corrected chi connectivity index (χ1v) is 6.58. The van der Waals surface area contributed by atoms with Gasteiger partial charge in [-0.25, -0.2) is 0 Å². The van der Waals surface area contributed by atoms with Crippen LogP contribution >= 0.6 is 7.60 Å². The Morgan fingerprint density at radius 1 is 1.24 bits per heavy atom. The van der Waals surface area contributed by atoms with Gasteiger partial charge in [-0.05, 0) is 29.2 Å². The Morgan fingerprint density at radius 2 is 1.76 bits per heavy atom.